The minimum absolute atomic E-state index is 0.0452. The monoisotopic (exact) mass is 496 g/mol. The van der Waals surface area contributed by atoms with Crippen LogP contribution in [0.15, 0.2) is 24.3 Å². The molecule has 0 fully saturated rings. The zero-order valence-corrected chi connectivity index (χ0v) is 19.8. The fourth-order valence-corrected chi connectivity index (χ4v) is 3.20. The van der Waals surface area contributed by atoms with Crippen molar-refractivity contribution in [3.63, 3.8) is 0 Å². The van der Waals surface area contributed by atoms with E-state index in [4.69, 9.17) is 47.0 Å². The number of alkyl halides is 3. The van der Waals surface area contributed by atoms with Gasteiger partial charge >= 0.3 is 0 Å². The van der Waals surface area contributed by atoms with Crippen molar-refractivity contribution < 1.29 is 9.72 Å². The summed E-state index contributed by atoms with van der Waals surface area (Å²) in [7, 11) is 0. The molecule has 0 saturated carbocycles. The van der Waals surface area contributed by atoms with Gasteiger partial charge in [-0.2, -0.15) is 0 Å². The van der Waals surface area contributed by atoms with E-state index in [1.807, 2.05) is 0 Å². The number of non-ortho nitro benzene ring substituents is 1. The first-order valence-electron chi connectivity index (χ1n) is 9.81. The van der Waals surface area contributed by atoms with Crippen LogP contribution in [0.5, 0.6) is 0 Å². The fourth-order valence-electron chi connectivity index (χ4n) is 2.64. The summed E-state index contributed by atoms with van der Waals surface area (Å²) in [5, 5.41) is 19.0. The summed E-state index contributed by atoms with van der Waals surface area (Å²) in [6, 6.07) is 5.66. The Bertz CT molecular complexity index is 699. The Labute approximate surface area is 197 Å². The van der Waals surface area contributed by atoms with E-state index < -0.39 is 14.9 Å². The number of anilines is 1. The standard InChI is InChI=1S/C19H27Cl3N4O3S/c1-2-3-4-5-6-7-8-9-16(27)24-17(19(20,21)22)25-18(30)23-14-10-12-15(13-11-14)26(28)29/h10-13,17H,2-9H2,1H3,(H,24,27)(H2,23,25,30)/t17-/m0/s1. The van der Waals surface area contributed by atoms with Crippen LogP contribution < -0.4 is 16.0 Å². The maximum absolute atomic E-state index is 12.2. The number of rotatable bonds is 12. The average Bonchev–Trinajstić information content (AvgIpc) is 2.66. The lowest BCUT2D eigenvalue weighted by atomic mass is 10.1. The van der Waals surface area contributed by atoms with Crippen molar-refractivity contribution in [2.45, 2.75) is 68.2 Å². The Hall–Kier alpha value is -1.35. The van der Waals surface area contributed by atoms with Crippen molar-refractivity contribution in [3.05, 3.63) is 34.4 Å². The Morgan fingerprint density at radius 1 is 1.07 bits per heavy atom. The molecule has 0 spiro atoms. The van der Waals surface area contributed by atoms with Gasteiger partial charge in [-0.25, -0.2) is 0 Å². The molecule has 1 rings (SSSR count). The van der Waals surface area contributed by atoms with Crippen molar-refractivity contribution in [2.75, 3.05) is 5.32 Å². The molecule has 7 nitrogen and oxygen atoms in total. The third-order valence-corrected chi connectivity index (χ3v) is 5.13. The van der Waals surface area contributed by atoms with Gasteiger partial charge in [0, 0.05) is 24.2 Å². The molecule has 0 aliphatic carbocycles. The number of nitro benzene ring substituents is 1. The highest BCUT2D eigenvalue weighted by Gasteiger charge is 2.34. The second-order valence-corrected chi connectivity index (χ2v) is 9.59. The van der Waals surface area contributed by atoms with Crippen LogP contribution in [0.3, 0.4) is 0 Å². The number of carbonyl (C=O) groups excluding carboxylic acids is 1. The third kappa shape index (κ3) is 11.2. The first-order valence-corrected chi connectivity index (χ1v) is 11.4. The summed E-state index contributed by atoms with van der Waals surface area (Å²) in [5.41, 5.74) is 0.465. The number of benzene rings is 1. The van der Waals surface area contributed by atoms with E-state index in [-0.39, 0.29) is 16.7 Å². The van der Waals surface area contributed by atoms with Crippen LogP contribution in [0.2, 0.25) is 0 Å². The topological polar surface area (TPSA) is 96.3 Å². The van der Waals surface area contributed by atoms with E-state index in [0.29, 0.717) is 12.1 Å². The van der Waals surface area contributed by atoms with E-state index in [1.54, 1.807) is 0 Å². The number of halogens is 3. The smallest absolute Gasteiger partial charge is 0.269 e. The van der Waals surface area contributed by atoms with Gasteiger partial charge < -0.3 is 16.0 Å². The van der Waals surface area contributed by atoms with Crippen LogP contribution in [-0.2, 0) is 4.79 Å². The average molecular weight is 498 g/mol. The maximum atomic E-state index is 12.2. The van der Waals surface area contributed by atoms with Crippen LogP contribution in [0.25, 0.3) is 0 Å². The van der Waals surface area contributed by atoms with Gasteiger partial charge in [0.1, 0.15) is 6.17 Å². The van der Waals surface area contributed by atoms with Crippen LogP contribution in [0.4, 0.5) is 11.4 Å². The van der Waals surface area contributed by atoms with Gasteiger partial charge in [-0.15, -0.1) is 0 Å². The van der Waals surface area contributed by atoms with Gasteiger partial charge in [0.15, 0.2) is 5.11 Å². The quantitative estimate of drug-likeness (QED) is 0.0839. The summed E-state index contributed by atoms with van der Waals surface area (Å²) in [5.74, 6) is -0.245. The number of carbonyl (C=O) groups is 1. The second kappa shape index (κ2) is 13.9. The normalized spacial score (nSPS) is 12.1. The van der Waals surface area contributed by atoms with Crippen molar-refractivity contribution in [3.8, 4) is 0 Å². The Balaban J connectivity index is 2.48. The summed E-state index contributed by atoms with van der Waals surface area (Å²) in [4.78, 5) is 22.4. The van der Waals surface area contributed by atoms with Crippen LogP contribution in [0, 0.1) is 10.1 Å². The molecule has 1 aromatic carbocycles. The molecule has 168 valence electrons. The molecule has 1 atom stereocenters. The highest BCUT2D eigenvalue weighted by molar-refractivity contribution is 7.80. The molecule has 3 N–H and O–H groups in total. The van der Waals surface area contributed by atoms with E-state index in [9.17, 15) is 14.9 Å². The molecule has 1 amide bonds. The molecule has 30 heavy (non-hydrogen) atoms. The highest BCUT2D eigenvalue weighted by atomic mass is 35.6. The van der Waals surface area contributed by atoms with Crippen LogP contribution in [0.1, 0.15) is 58.3 Å². The third-order valence-electron chi connectivity index (χ3n) is 4.25. The number of unbranched alkanes of at least 4 members (excludes halogenated alkanes) is 6. The lowest BCUT2D eigenvalue weighted by Gasteiger charge is -2.27. The lowest BCUT2D eigenvalue weighted by Crippen LogP contribution is -2.56. The number of nitrogens with zero attached hydrogens (tertiary/aromatic N) is 1. The van der Waals surface area contributed by atoms with E-state index in [1.165, 1.54) is 49.9 Å². The molecule has 1 aromatic rings. The molecule has 11 heteroatoms. The predicted octanol–water partition coefficient (Wildman–Crippen LogP) is 5.83. The minimum Gasteiger partial charge on any atom is -0.339 e. The molecule has 0 aliphatic rings. The molecule has 0 unspecified atom stereocenters. The van der Waals surface area contributed by atoms with Gasteiger partial charge in [-0.05, 0) is 30.8 Å². The summed E-state index contributed by atoms with van der Waals surface area (Å²) >= 11 is 23.1. The van der Waals surface area contributed by atoms with Crippen LogP contribution in [-0.4, -0.2) is 25.9 Å². The fraction of sp³-hybridized carbons (Fsp3) is 0.579. The highest BCUT2D eigenvalue weighted by Crippen LogP contribution is 2.29. The molecule has 0 heterocycles. The molecule has 0 radical (unpaired) electrons. The first kappa shape index (κ1) is 26.7. The second-order valence-electron chi connectivity index (χ2n) is 6.82. The molecular weight excluding hydrogens is 471 g/mol. The maximum Gasteiger partial charge on any atom is 0.269 e. The summed E-state index contributed by atoms with van der Waals surface area (Å²) in [6.07, 6.45) is 6.96. The van der Waals surface area contributed by atoms with Gasteiger partial charge in [-0.3, -0.25) is 14.9 Å². The van der Waals surface area contributed by atoms with Crippen LogP contribution >= 0.6 is 47.0 Å². The Kier molecular flexibility index (Phi) is 12.3. The van der Waals surface area contributed by atoms with E-state index in [2.05, 4.69) is 22.9 Å². The van der Waals surface area contributed by atoms with Crippen molar-refractivity contribution in [2.24, 2.45) is 0 Å². The number of hydrogen-bond acceptors (Lipinski definition) is 4. The number of nitrogens with one attached hydrogen (secondary N) is 3. The molecule has 0 aromatic heterocycles. The summed E-state index contributed by atoms with van der Waals surface area (Å²) in [6.45, 7) is 2.17. The van der Waals surface area contributed by atoms with Crippen molar-refractivity contribution in [1.29, 1.82) is 0 Å². The molecule has 0 saturated heterocycles. The molecular formula is C19H27Cl3N4O3S. The van der Waals surface area contributed by atoms with Gasteiger partial charge in [0.05, 0.1) is 4.92 Å². The van der Waals surface area contributed by atoms with Crippen molar-refractivity contribution in [1.82, 2.24) is 10.6 Å². The zero-order chi connectivity index (χ0) is 22.6. The van der Waals surface area contributed by atoms with Gasteiger partial charge in [-0.1, -0.05) is 80.3 Å². The van der Waals surface area contributed by atoms with Crippen molar-refractivity contribution >= 4 is 69.4 Å². The lowest BCUT2D eigenvalue weighted by molar-refractivity contribution is -0.384. The number of thiocarbonyl (C=S) groups is 1. The number of hydrogen-bond donors (Lipinski definition) is 3. The number of nitro groups is 1. The van der Waals surface area contributed by atoms with Gasteiger partial charge in [0.2, 0.25) is 9.70 Å². The van der Waals surface area contributed by atoms with E-state index in [0.717, 1.165) is 19.3 Å². The predicted molar refractivity (Wildman–Crippen MR) is 127 cm³/mol. The Morgan fingerprint density at radius 2 is 1.63 bits per heavy atom. The molecule has 0 aliphatic heterocycles. The molecule has 0 bridgehead atoms. The minimum atomic E-state index is -1.84. The zero-order valence-electron chi connectivity index (χ0n) is 16.8. The number of amides is 1. The van der Waals surface area contributed by atoms with Gasteiger partial charge in [0.25, 0.3) is 5.69 Å². The van der Waals surface area contributed by atoms with E-state index >= 15 is 0 Å². The largest absolute Gasteiger partial charge is 0.339 e. The first-order chi connectivity index (χ1) is 14.1. The Morgan fingerprint density at radius 3 is 2.17 bits per heavy atom. The summed E-state index contributed by atoms with van der Waals surface area (Å²) < 4.78 is -1.84. The SMILES string of the molecule is CCCCCCCCCC(=O)N[C@@H](NC(=S)Nc1ccc([N+](=O)[O-])cc1)C(Cl)(Cl)Cl.